The highest BCUT2D eigenvalue weighted by atomic mass is 16.5. The predicted molar refractivity (Wildman–Crippen MR) is 62.3 cm³/mol. The van der Waals surface area contributed by atoms with Crippen LogP contribution in [0.15, 0.2) is 30.3 Å². The maximum absolute atomic E-state index is 11.8. The van der Waals surface area contributed by atoms with Crippen molar-refractivity contribution in [3.05, 3.63) is 35.9 Å². The molecule has 0 saturated heterocycles. The molecule has 0 aliphatic carbocycles. The number of hydrogen-bond donors (Lipinski definition) is 0. The van der Waals surface area contributed by atoms with Crippen molar-refractivity contribution in [2.24, 2.45) is 5.92 Å². The molecule has 0 heterocycles. The average Bonchev–Trinajstić information content (AvgIpc) is 2.43. The lowest BCUT2D eigenvalue weighted by molar-refractivity contribution is -0.152. The standard InChI is InChI=1S/C13H13NO4/c1-17-12(15)10(8-14)11(13(16)18-2)9-6-4-3-5-7-9/h3-7,10-11H,1-2H3. The van der Waals surface area contributed by atoms with Crippen molar-refractivity contribution in [2.45, 2.75) is 5.92 Å². The molecule has 94 valence electrons. The van der Waals surface area contributed by atoms with Gasteiger partial charge in [-0.1, -0.05) is 30.3 Å². The molecule has 0 N–H and O–H groups in total. The highest BCUT2D eigenvalue weighted by Gasteiger charge is 2.36. The van der Waals surface area contributed by atoms with E-state index in [0.29, 0.717) is 5.56 Å². The molecular weight excluding hydrogens is 234 g/mol. The molecule has 5 nitrogen and oxygen atoms in total. The second-order valence-corrected chi connectivity index (χ2v) is 3.54. The molecule has 0 radical (unpaired) electrons. The summed E-state index contributed by atoms with van der Waals surface area (Å²) in [6.07, 6.45) is 0. The quantitative estimate of drug-likeness (QED) is 0.748. The third-order valence-corrected chi connectivity index (χ3v) is 2.54. The molecule has 1 rings (SSSR count). The Kier molecular flexibility index (Phi) is 4.88. The Hall–Kier alpha value is -2.35. The summed E-state index contributed by atoms with van der Waals surface area (Å²) in [5.74, 6) is -3.59. The van der Waals surface area contributed by atoms with Gasteiger partial charge in [-0.25, -0.2) is 0 Å². The fourth-order valence-corrected chi connectivity index (χ4v) is 1.64. The lowest BCUT2D eigenvalue weighted by atomic mass is 9.87. The molecule has 0 amide bonds. The number of carbonyl (C=O) groups excluding carboxylic acids is 2. The van der Waals surface area contributed by atoms with Crippen LogP contribution in [0.1, 0.15) is 11.5 Å². The molecular formula is C13H13NO4. The van der Waals surface area contributed by atoms with Crippen LogP contribution in [0.5, 0.6) is 0 Å². The minimum atomic E-state index is -1.22. The second kappa shape index (κ2) is 6.40. The number of nitriles is 1. The maximum Gasteiger partial charge on any atom is 0.324 e. The Labute approximate surface area is 105 Å². The van der Waals surface area contributed by atoms with Crippen molar-refractivity contribution in [2.75, 3.05) is 14.2 Å². The van der Waals surface area contributed by atoms with Gasteiger partial charge in [0, 0.05) is 0 Å². The molecule has 0 aromatic heterocycles. The fraction of sp³-hybridized carbons (Fsp3) is 0.308. The summed E-state index contributed by atoms with van der Waals surface area (Å²) in [4.78, 5) is 23.3. The van der Waals surface area contributed by atoms with Gasteiger partial charge in [0.25, 0.3) is 0 Å². The Bertz CT molecular complexity index is 464. The Balaban J connectivity index is 3.18. The van der Waals surface area contributed by atoms with Crippen molar-refractivity contribution in [3.63, 3.8) is 0 Å². The third kappa shape index (κ3) is 2.86. The number of carbonyl (C=O) groups is 2. The van der Waals surface area contributed by atoms with Crippen molar-refractivity contribution in [3.8, 4) is 6.07 Å². The van der Waals surface area contributed by atoms with Gasteiger partial charge in [-0.3, -0.25) is 9.59 Å². The highest BCUT2D eigenvalue weighted by Crippen LogP contribution is 2.26. The number of esters is 2. The number of nitrogens with zero attached hydrogens (tertiary/aromatic N) is 1. The molecule has 0 aliphatic heterocycles. The van der Waals surface area contributed by atoms with E-state index >= 15 is 0 Å². The number of hydrogen-bond acceptors (Lipinski definition) is 5. The molecule has 0 saturated carbocycles. The van der Waals surface area contributed by atoms with E-state index in [4.69, 9.17) is 5.26 Å². The van der Waals surface area contributed by atoms with E-state index in [0.717, 1.165) is 0 Å². The first-order valence-electron chi connectivity index (χ1n) is 5.26. The molecule has 0 spiro atoms. The van der Waals surface area contributed by atoms with Gasteiger partial charge < -0.3 is 9.47 Å². The Morgan fingerprint density at radius 1 is 1.11 bits per heavy atom. The largest absolute Gasteiger partial charge is 0.469 e. The van der Waals surface area contributed by atoms with E-state index in [2.05, 4.69) is 9.47 Å². The highest BCUT2D eigenvalue weighted by molar-refractivity contribution is 5.87. The van der Waals surface area contributed by atoms with E-state index < -0.39 is 23.8 Å². The summed E-state index contributed by atoms with van der Waals surface area (Å²) < 4.78 is 9.18. The van der Waals surface area contributed by atoms with Gasteiger partial charge in [-0.2, -0.15) is 5.26 Å². The normalized spacial score (nSPS) is 12.9. The summed E-state index contributed by atoms with van der Waals surface area (Å²) in [6, 6.07) is 10.3. The van der Waals surface area contributed by atoms with Gasteiger partial charge in [-0.05, 0) is 5.56 Å². The third-order valence-electron chi connectivity index (χ3n) is 2.54. The minimum Gasteiger partial charge on any atom is -0.469 e. The van der Waals surface area contributed by atoms with Gasteiger partial charge in [-0.15, -0.1) is 0 Å². The summed E-state index contributed by atoms with van der Waals surface area (Å²) in [6.45, 7) is 0. The van der Waals surface area contributed by atoms with E-state index in [1.165, 1.54) is 14.2 Å². The molecule has 0 bridgehead atoms. The number of ether oxygens (including phenoxy) is 2. The maximum atomic E-state index is 11.8. The van der Waals surface area contributed by atoms with Crippen LogP contribution in [0.2, 0.25) is 0 Å². The Morgan fingerprint density at radius 3 is 2.11 bits per heavy atom. The van der Waals surface area contributed by atoms with E-state index in [9.17, 15) is 9.59 Å². The van der Waals surface area contributed by atoms with E-state index in [1.807, 2.05) is 0 Å². The smallest absolute Gasteiger partial charge is 0.324 e. The molecule has 2 unspecified atom stereocenters. The van der Waals surface area contributed by atoms with Crippen LogP contribution in [-0.4, -0.2) is 26.2 Å². The van der Waals surface area contributed by atoms with Crippen LogP contribution in [0.25, 0.3) is 0 Å². The molecule has 5 heteroatoms. The second-order valence-electron chi connectivity index (χ2n) is 3.54. The number of methoxy groups -OCH3 is 2. The zero-order valence-electron chi connectivity index (χ0n) is 10.1. The topological polar surface area (TPSA) is 76.4 Å². The Morgan fingerprint density at radius 2 is 1.67 bits per heavy atom. The van der Waals surface area contributed by atoms with Gasteiger partial charge >= 0.3 is 11.9 Å². The molecule has 2 atom stereocenters. The summed E-state index contributed by atoms with van der Waals surface area (Å²) in [5, 5.41) is 9.05. The summed E-state index contributed by atoms with van der Waals surface area (Å²) in [5.41, 5.74) is 0.543. The molecule has 1 aromatic carbocycles. The first-order valence-corrected chi connectivity index (χ1v) is 5.26. The van der Waals surface area contributed by atoms with Gasteiger partial charge in [0.15, 0.2) is 5.92 Å². The van der Waals surface area contributed by atoms with Crippen LogP contribution in [0.3, 0.4) is 0 Å². The van der Waals surface area contributed by atoms with Crippen LogP contribution >= 0.6 is 0 Å². The summed E-state index contributed by atoms with van der Waals surface area (Å²) >= 11 is 0. The SMILES string of the molecule is COC(=O)C(C#N)C(C(=O)OC)c1ccccc1. The lowest BCUT2D eigenvalue weighted by Crippen LogP contribution is -2.29. The van der Waals surface area contributed by atoms with Crippen molar-refractivity contribution >= 4 is 11.9 Å². The van der Waals surface area contributed by atoms with E-state index in [1.54, 1.807) is 36.4 Å². The van der Waals surface area contributed by atoms with Crippen molar-refractivity contribution < 1.29 is 19.1 Å². The lowest BCUT2D eigenvalue weighted by Gasteiger charge is -2.18. The summed E-state index contributed by atoms with van der Waals surface area (Å²) in [7, 11) is 2.38. The van der Waals surface area contributed by atoms with E-state index in [-0.39, 0.29) is 0 Å². The van der Waals surface area contributed by atoms with Gasteiger partial charge in [0.1, 0.15) is 5.92 Å². The minimum absolute atomic E-state index is 0.543. The first-order chi connectivity index (χ1) is 8.65. The molecule has 18 heavy (non-hydrogen) atoms. The van der Waals surface area contributed by atoms with Crippen LogP contribution in [0.4, 0.5) is 0 Å². The van der Waals surface area contributed by atoms with Crippen molar-refractivity contribution in [1.82, 2.24) is 0 Å². The average molecular weight is 247 g/mol. The van der Waals surface area contributed by atoms with Crippen LogP contribution in [0, 0.1) is 17.2 Å². The first kappa shape index (κ1) is 13.7. The molecule has 0 aliphatic rings. The fourth-order valence-electron chi connectivity index (χ4n) is 1.64. The zero-order valence-corrected chi connectivity index (χ0v) is 10.1. The monoisotopic (exact) mass is 247 g/mol. The van der Waals surface area contributed by atoms with Gasteiger partial charge in [0.05, 0.1) is 20.3 Å². The number of benzene rings is 1. The predicted octanol–water partition coefficient (Wildman–Crippen LogP) is 1.26. The molecule has 1 aromatic rings. The van der Waals surface area contributed by atoms with Crippen molar-refractivity contribution in [1.29, 1.82) is 5.26 Å². The zero-order chi connectivity index (χ0) is 13.5. The van der Waals surface area contributed by atoms with Gasteiger partial charge in [0.2, 0.25) is 0 Å². The molecule has 0 fully saturated rings. The van der Waals surface area contributed by atoms with Crippen LogP contribution < -0.4 is 0 Å². The number of rotatable bonds is 4. The van der Waals surface area contributed by atoms with Crippen LogP contribution in [-0.2, 0) is 19.1 Å².